The number of rotatable bonds is 16. The highest BCUT2D eigenvalue weighted by molar-refractivity contribution is 6.42. The molecular formula is C31H40Cl2O. The lowest BCUT2D eigenvalue weighted by Gasteiger charge is -2.13. The van der Waals surface area contributed by atoms with E-state index in [1.165, 1.54) is 79.7 Å². The second-order valence-corrected chi connectivity index (χ2v) is 10.2. The molecule has 0 unspecified atom stereocenters. The van der Waals surface area contributed by atoms with E-state index in [9.17, 15) is 0 Å². The summed E-state index contributed by atoms with van der Waals surface area (Å²) < 4.78 is 6.22. The zero-order valence-electron chi connectivity index (χ0n) is 20.8. The lowest BCUT2D eigenvalue weighted by molar-refractivity contribution is 0.307. The Bertz CT molecular complexity index is 998. The van der Waals surface area contributed by atoms with Crippen molar-refractivity contribution in [1.82, 2.24) is 0 Å². The largest absolute Gasteiger partial charge is 0.493 e. The lowest BCUT2D eigenvalue weighted by atomic mass is 9.98. The van der Waals surface area contributed by atoms with Crippen LogP contribution in [-0.2, 0) is 12.8 Å². The molecule has 0 saturated carbocycles. The maximum atomic E-state index is 6.22. The molecule has 1 nitrogen and oxygen atoms in total. The zero-order chi connectivity index (χ0) is 24.0. The van der Waals surface area contributed by atoms with Gasteiger partial charge in [0.1, 0.15) is 5.75 Å². The highest BCUT2D eigenvalue weighted by Crippen LogP contribution is 2.30. The van der Waals surface area contributed by atoms with Crippen molar-refractivity contribution >= 4 is 34.0 Å². The fourth-order valence-electron chi connectivity index (χ4n) is 4.63. The Morgan fingerprint density at radius 2 is 1.29 bits per heavy atom. The van der Waals surface area contributed by atoms with Gasteiger partial charge in [0, 0.05) is 5.39 Å². The predicted molar refractivity (Wildman–Crippen MR) is 150 cm³/mol. The number of ether oxygens (including phenoxy) is 1. The standard InChI is InChI=1S/C31H40Cl2O/c1-2-3-4-5-6-7-8-9-10-13-23-34-31-22-20-26(27-17-11-12-18-28(27)31)16-14-15-25-19-21-29(32)30(33)24-25/h11-12,17-22,24H,2-10,13-16,23H2,1H3. The molecule has 0 heterocycles. The molecule has 0 N–H and O–H groups in total. The van der Waals surface area contributed by atoms with Gasteiger partial charge >= 0.3 is 0 Å². The number of benzene rings is 3. The Labute approximate surface area is 216 Å². The van der Waals surface area contributed by atoms with E-state index in [1.807, 2.05) is 12.1 Å². The Kier molecular flexibility index (Phi) is 12.1. The molecule has 0 aliphatic rings. The second kappa shape index (κ2) is 15.3. The molecule has 0 spiro atoms. The third-order valence-corrected chi connectivity index (χ3v) is 7.36. The van der Waals surface area contributed by atoms with Crippen LogP contribution in [0, 0.1) is 0 Å². The van der Waals surface area contributed by atoms with Gasteiger partial charge in [-0.25, -0.2) is 0 Å². The minimum Gasteiger partial charge on any atom is -0.493 e. The maximum Gasteiger partial charge on any atom is 0.127 e. The Morgan fingerprint density at radius 1 is 0.618 bits per heavy atom. The number of hydrogen-bond donors (Lipinski definition) is 0. The minimum absolute atomic E-state index is 0.616. The molecule has 34 heavy (non-hydrogen) atoms. The van der Waals surface area contributed by atoms with Gasteiger partial charge in [-0.3, -0.25) is 0 Å². The van der Waals surface area contributed by atoms with Crippen molar-refractivity contribution in [3.8, 4) is 5.75 Å². The van der Waals surface area contributed by atoms with E-state index in [4.69, 9.17) is 27.9 Å². The van der Waals surface area contributed by atoms with E-state index < -0.39 is 0 Å². The van der Waals surface area contributed by atoms with Gasteiger partial charge in [-0.05, 0) is 60.4 Å². The summed E-state index contributed by atoms with van der Waals surface area (Å²) in [6.45, 7) is 3.08. The average molecular weight is 500 g/mol. The predicted octanol–water partition coefficient (Wildman–Crippen LogP) is 10.6. The summed E-state index contributed by atoms with van der Waals surface area (Å²) in [5, 5.41) is 3.78. The van der Waals surface area contributed by atoms with Crippen LogP contribution in [0.3, 0.4) is 0 Å². The quantitative estimate of drug-likeness (QED) is 0.178. The van der Waals surface area contributed by atoms with E-state index in [0.29, 0.717) is 10.0 Å². The molecule has 0 amide bonds. The smallest absolute Gasteiger partial charge is 0.127 e. The maximum absolute atomic E-state index is 6.22. The van der Waals surface area contributed by atoms with Crippen LogP contribution in [0.4, 0.5) is 0 Å². The molecule has 0 saturated heterocycles. The molecule has 0 radical (unpaired) electrons. The fourth-order valence-corrected chi connectivity index (χ4v) is 4.95. The summed E-state index contributed by atoms with van der Waals surface area (Å²) >= 11 is 12.2. The van der Waals surface area contributed by atoms with Gasteiger partial charge in [0.25, 0.3) is 0 Å². The van der Waals surface area contributed by atoms with Crippen LogP contribution in [0.2, 0.25) is 10.0 Å². The van der Waals surface area contributed by atoms with Crippen molar-refractivity contribution in [2.75, 3.05) is 6.61 Å². The number of fused-ring (bicyclic) bond motifs is 1. The van der Waals surface area contributed by atoms with Crippen LogP contribution in [-0.4, -0.2) is 6.61 Å². The molecule has 0 aromatic heterocycles. The Hall–Kier alpha value is -1.70. The SMILES string of the molecule is CCCCCCCCCCCCOc1ccc(CCCc2ccc(Cl)c(Cl)c2)c2ccccc12. The van der Waals surface area contributed by atoms with Crippen LogP contribution in [0.25, 0.3) is 10.8 Å². The van der Waals surface area contributed by atoms with Gasteiger partial charge in [-0.15, -0.1) is 0 Å². The molecule has 3 aromatic rings. The first-order chi connectivity index (χ1) is 16.7. The van der Waals surface area contributed by atoms with Crippen molar-refractivity contribution in [3.63, 3.8) is 0 Å². The van der Waals surface area contributed by atoms with E-state index in [1.54, 1.807) is 0 Å². The van der Waals surface area contributed by atoms with E-state index in [2.05, 4.69) is 49.4 Å². The molecule has 0 aliphatic carbocycles. The highest BCUT2D eigenvalue weighted by Gasteiger charge is 2.08. The fraction of sp³-hybridized carbons (Fsp3) is 0.484. The summed E-state index contributed by atoms with van der Waals surface area (Å²) in [6.07, 6.45) is 16.5. The number of aryl methyl sites for hydroxylation is 2. The van der Waals surface area contributed by atoms with E-state index in [0.717, 1.165) is 38.0 Å². The summed E-state index contributed by atoms with van der Waals surface area (Å²) in [6, 6.07) is 19.0. The molecule has 3 heteroatoms. The molecule has 184 valence electrons. The monoisotopic (exact) mass is 498 g/mol. The van der Waals surface area contributed by atoms with Gasteiger partial charge < -0.3 is 4.74 Å². The van der Waals surface area contributed by atoms with Crippen molar-refractivity contribution in [2.45, 2.75) is 90.4 Å². The Morgan fingerprint density at radius 3 is 2.00 bits per heavy atom. The first-order valence-electron chi connectivity index (χ1n) is 13.3. The van der Waals surface area contributed by atoms with Crippen LogP contribution in [0.15, 0.2) is 54.6 Å². The molecule has 0 atom stereocenters. The minimum atomic E-state index is 0.616. The molecule has 0 aliphatic heterocycles. The van der Waals surface area contributed by atoms with Crippen LogP contribution < -0.4 is 4.74 Å². The van der Waals surface area contributed by atoms with Gasteiger partial charge in [0.15, 0.2) is 0 Å². The van der Waals surface area contributed by atoms with Gasteiger partial charge in [-0.2, -0.15) is 0 Å². The van der Waals surface area contributed by atoms with Crippen molar-refractivity contribution in [1.29, 1.82) is 0 Å². The Balaban J connectivity index is 1.42. The van der Waals surface area contributed by atoms with Gasteiger partial charge in [0.05, 0.1) is 16.7 Å². The summed E-state index contributed by atoms with van der Waals surface area (Å²) in [4.78, 5) is 0. The number of unbranched alkanes of at least 4 members (excludes halogenated alkanes) is 9. The lowest BCUT2D eigenvalue weighted by Crippen LogP contribution is -1.99. The third-order valence-electron chi connectivity index (χ3n) is 6.63. The first kappa shape index (κ1) is 26.9. The topological polar surface area (TPSA) is 9.23 Å². The molecular weight excluding hydrogens is 459 g/mol. The molecule has 0 fully saturated rings. The van der Waals surface area contributed by atoms with Crippen LogP contribution in [0.1, 0.15) is 88.7 Å². The van der Waals surface area contributed by atoms with E-state index >= 15 is 0 Å². The van der Waals surface area contributed by atoms with Crippen molar-refractivity contribution in [2.24, 2.45) is 0 Å². The number of hydrogen-bond acceptors (Lipinski definition) is 1. The van der Waals surface area contributed by atoms with Crippen molar-refractivity contribution in [3.05, 3.63) is 75.8 Å². The molecule has 3 rings (SSSR count). The molecule has 0 bridgehead atoms. The zero-order valence-corrected chi connectivity index (χ0v) is 22.3. The van der Waals surface area contributed by atoms with E-state index in [-0.39, 0.29) is 0 Å². The summed E-state index contributed by atoms with van der Waals surface area (Å²) in [5.41, 5.74) is 2.61. The van der Waals surface area contributed by atoms with Crippen molar-refractivity contribution < 1.29 is 4.74 Å². The molecule has 3 aromatic carbocycles. The summed E-state index contributed by atoms with van der Waals surface area (Å²) in [7, 11) is 0. The van der Waals surface area contributed by atoms with Crippen LogP contribution in [0.5, 0.6) is 5.75 Å². The second-order valence-electron chi connectivity index (χ2n) is 9.40. The summed E-state index contributed by atoms with van der Waals surface area (Å²) in [5.74, 6) is 1.01. The average Bonchev–Trinajstić information content (AvgIpc) is 2.85. The van der Waals surface area contributed by atoms with Gasteiger partial charge in [-0.1, -0.05) is 124 Å². The third kappa shape index (κ3) is 8.82. The number of halogens is 2. The van der Waals surface area contributed by atoms with Crippen LogP contribution >= 0.6 is 23.2 Å². The van der Waals surface area contributed by atoms with Gasteiger partial charge in [0.2, 0.25) is 0 Å². The first-order valence-corrected chi connectivity index (χ1v) is 14.0. The normalized spacial score (nSPS) is 11.3. The highest BCUT2D eigenvalue weighted by atomic mass is 35.5.